The molecule has 2 rings (SSSR count). The zero-order valence-electron chi connectivity index (χ0n) is 8.37. The van der Waals surface area contributed by atoms with Gasteiger partial charge in [0.05, 0.1) is 11.2 Å². The van der Waals surface area contributed by atoms with E-state index in [4.69, 9.17) is 16.9 Å². The topological polar surface area (TPSA) is 69.5 Å². The first-order chi connectivity index (χ1) is 8.11. The van der Waals surface area contributed by atoms with Gasteiger partial charge in [0.2, 0.25) is 0 Å². The van der Waals surface area contributed by atoms with Crippen LogP contribution in [-0.4, -0.2) is 9.97 Å². The standard InChI is InChI=1S/C11H5ClFN3O/c12-9-3-7(13)1-2-8(9)10-15-5-6(4-14)11(17)16-10/h1-3,5H,(H,15,16,17). The van der Waals surface area contributed by atoms with Crippen molar-refractivity contribution in [1.29, 1.82) is 5.26 Å². The lowest BCUT2D eigenvalue weighted by molar-refractivity contribution is 0.628. The Labute approximate surface area is 100 Å². The molecule has 0 aliphatic rings. The lowest BCUT2D eigenvalue weighted by Crippen LogP contribution is -2.12. The molecular formula is C11H5ClFN3O. The molecule has 0 unspecified atom stereocenters. The van der Waals surface area contributed by atoms with Crippen molar-refractivity contribution in [3.63, 3.8) is 0 Å². The molecule has 0 aliphatic heterocycles. The lowest BCUT2D eigenvalue weighted by Gasteiger charge is -2.03. The van der Waals surface area contributed by atoms with Crippen LogP contribution in [0.3, 0.4) is 0 Å². The van der Waals surface area contributed by atoms with Crippen LogP contribution in [0.4, 0.5) is 4.39 Å². The maximum Gasteiger partial charge on any atom is 0.269 e. The van der Waals surface area contributed by atoms with Crippen LogP contribution < -0.4 is 5.56 Å². The number of hydrogen-bond donors (Lipinski definition) is 1. The van der Waals surface area contributed by atoms with Gasteiger partial charge in [-0.1, -0.05) is 11.6 Å². The van der Waals surface area contributed by atoms with Gasteiger partial charge in [-0.2, -0.15) is 5.26 Å². The first-order valence-electron chi connectivity index (χ1n) is 4.56. The number of aromatic amines is 1. The summed E-state index contributed by atoms with van der Waals surface area (Å²) in [5.41, 5.74) is -0.250. The summed E-state index contributed by atoms with van der Waals surface area (Å²) in [6.07, 6.45) is 1.15. The van der Waals surface area contributed by atoms with Gasteiger partial charge in [0, 0.05) is 5.56 Å². The zero-order chi connectivity index (χ0) is 12.4. The fraction of sp³-hybridized carbons (Fsp3) is 0. The molecule has 0 aliphatic carbocycles. The highest BCUT2D eigenvalue weighted by Crippen LogP contribution is 2.24. The number of nitrogens with zero attached hydrogens (tertiary/aromatic N) is 2. The van der Waals surface area contributed by atoms with Crippen LogP contribution in [0.25, 0.3) is 11.4 Å². The first-order valence-corrected chi connectivity index (χ1v) is 4.94. The van der Waals surface area contributed by atoms with Crippen molar-refractivity contribution in [2.75, 3.05) is 0 Å². The van der Waals surface area contributed by atoms with Crippen molar-refractivity contribution in [2.24, 2.45) is 0 Å². The normalized spacial score (nSPS) is 9.94. The minimum atomic E-state index is -0.558. The third-order valence-electron chi connectivity index (χ3n) is 2.11. The van der Waals surface area contributed by atoms with E-state index in [0.717, 1.165) is 12.3 Å². The van der Waals surface area contributed by atoms with Gasteiger partial charge in [0.25, 0.3) is 5.56 Å². The molecule has 0 amide bonds. The molecule has 17 heavy (non-hydrogen) atoms. The number of hydrogen-bond acceptors (Lipinski definition) is 3. The molecule has 4 nitrogen and oxygen atoms in total. The largest absolute Gasteiger partial charge is 0.305 e. The fourth-order valence-corrected chi connectivity index (χ4v) is 1.55. The van der Waals surface area contributed by atoms with E-state index >= 15 is 0 Å². The van der Waals surface area contributed by atoms with E-state index < -0.39 is 11.4 Å². The predicted octanol–water partition coefficient (Wildman–Crippen LogP) is 2.10. The Kier molecular flexibility index (Phi) is 2.90. The number of halogens is 2. The molecule has 0 saturated heterocycles. The highest BCUT2D eigenvalue weighted by Gasteiger charge is 2.08. The second-order valence-electron chi connectivity index (χ2n) is 3.21. The summed E-state index contributed by atoms with van der Waals surface area (Å²) in [7, 11) is 0. The summed E-state index contributed by atoms with van der Waals surface area (Å²) in [4.78, 5) is 17.7. The molecule has 0 atom stereocenters. The van der Waals surface area contributed by atoms with Crippen LogP contribution in [-0.2, 0) is 0 Å². The van der Waals surface area contributed by atoms with Gasteiger partial charge in [0.1, 0.15) is 23.3 Å². The van der Waals surface area contributed by atoms with Crippen molar-refractivity contribution in [1.82, 2.24) is 9.97 Å². The molecule has 0 saturated carbocycles. The maximum absolute atomic E-state index is 12.8. The van der Waals surface area contributed by atoms with Gasteiger partial charge in [-0.05, 0) is 18.2 Å². The zero-order valence-corrected chi connectivity index (χ0v) is 9.12. The van der Waals surface area contributed by atoms with E-state index in [9.17, 15) is 9.18 Å². The molecule has 0 radical (unpaired) electrons. The van der Waals surface area contributed by atoms with E-state index in [1.54, 1.807) is 6.07 Å². The third-order valence-corrected chi connectivity index (χ3v) is 2.42. The first kappa shape index (κ1) is 11.3. The number of H-pyrrole nitrogens is 1. The van der Waals surface area contributed by atoms with E-state index in [1.807, 2.05) is 0 Å². The molecule has 1 N–H and O–H groups in total. The average Bonchev–Trinajstić information content (AvgIpc) is 2.29. The Morgan fingerprint density at radius 3 is 2.82 bits per heavy atom. The summed E-state index contributed by atoms with van der Waals surface area (Å²) in [6.45, 7) is 0. The van der Waals surface area contributed by atoms with Gasteiger partial charge in [0.15, 0.2) is 0 Å². The van der Waals surface area contributed by atoms with Gasteiger partial charge < -0.3 is 4.98 Å². The second kappa shape index (κ2) is 4.36. The molecule has 0 bridgehead atoms. The van der Waals surface area contributed by atoms with Crippen LogP contribution in [0, 0.1) is 17.1 Å². The Morgan fingerprint density at radius 1 is 1.47 bits per heavy atom. The highest BCUT2D eigenvalue weighted by atomic mass is 35.5. The highest BCUT2D eigenvalue weighted by molar-refractivity contribution is 6.33. The summed E-state index contributed by atoms with van der Waals surface area (Å²) in [5.74, 6) is -0.284. The smallest absolute Gasteiger partial charge is 0.269 e. The number of nitriles is 1. The van der Waals surface area contributed by atoms with Gasteiger partial charge in [-0.15, -0.1) is 0 Å². The van der Waals surface area contributed by atoms with Crippen molar-refractivity contribution < 1.29 is 4.39 Å². The van der Waals surface area contributed by atoms with Crippen LogP contribution in [0.2, 0.25) is 5.02 Å². The maximum atomic E-state index is 12.8. The summed E-state index contributed by atoms with van der Waals surface area (Å²) >= 11 is 5.82. The molecule has 0 fully saturated rings. The average molecular weight is 250 g/mol. The molecule has 1 aromatic heterocycles. The predicted molar refractivity (Wildman–Crippen MR) is 60.0 cm³/mol. The minimum Gasteiger partial charge on any atom is -0.305 e. The van der Waals surface area contributed by atoms with Crippen LogP contribution >= 0.6 is 11.6 Å². The van der Waals surface area contributed by atoms with Crippen LogP contribution in [0.15, 0.2) is 29.2 Å². The van der Waals surface area contributed by atoms with Crippen LogP contribution in [0.1, 0.15) is 5.56 Å². The Balaban J connectivity index is 2.58. The number of nitrogens with one attached hydrogen (secondary N) is 1. The molecule has 6 heteroatoms. The van der Waals surface area contributed by atoms with E-state index in [0.29, 0.717) is 5.56 Å². The number of aromatic nitrogens is 2. The number of rotatable bonds is 1. The third kappa shape index (κ3) is 2.17. The minimum absolute atomic E-state index is 0.0908. The molecule has 84 valence electrons. The van der Waals surface area contributed by atoms with E-state index in [-0.39, 0.29) is 16.4 Å². The number of benzene rings is 1. The fourth-order valence-electron chi connectivity index (χ4n) is 1.29. The van der Waals surface area contributed by atoms with E-state index in [1.165, 1.54) is 12.1 Å². The van der Waals surface area contributed by atoms with Crippen molar-refractivity contribution in [3.8, 4) is 17.5 Å². The molecule has 0 spiro atoms. The molecule has 1 heterocycles. The van der Waals surface area contributed by atoms with Crippen molar-refractivity contribution in [3.05, 3.63) is 51.2 Å². The summed E-state index contributed by atoms with van der Waals surface area (Å²) < 4.78 is 12.8. The molecular weight excluding hydrogens is 245 g/mol. The molecule has 1 aromatic carbocycles. The lowest BCUT2D eigenvalue weighted by atomic mass is 10.2. The van der Waals surface area contributed by atoms with Gasteiger partial charge in [-0.25, -0.2) is 9.37 Å². The van der Waals surface area contributed by atoms with E-state index in [2.05, 4.69) is 9.97 Å². The second-order valence-corrected chi connectivity index (χ2v) is 3.62. The van der Waals surface area contributed by atoms with Crippen LogP contribution in [0.5, 0.6) is 0 Å². The summed E-state index contributed by atoms with van der Waals surface area (Å²) in [6, 6.07) is 5.43. The van der Waals surface area contributed by atoms with Crippen molar-refractivity contribution in [2.45, 2.75) is 0 Å². The molecule has 2 aromatic rings. The Hall–Kier alpha value is -2.19. The monoisotopic (exact) mass is 249 g/mol. The Morgan fingerprint density at radius 2 is 2.24 bits per heavy atom. The van der Waals surface area contributed by atoms with Gasteiger partial charge >= 0.3 is 0 Å². The SMILES string of the molecule is N#Cc1cnc(-c2ccc(F)cc2Cl)[nH]c1=O. The summed E-state index contributed by atoms with van der Waals surface area (Å²) in [5, 5.41) is 8.72. The Bertz CT molecular complexity index is 675. The van der Waals surface area contributed by atoms with Crippen molar-refractivity contribution >= 4 is 11.6 Å². The van der Waals surface area contributed by atoms with Gasteiger partial charge in [-0.3, -0.25) is 4.79 Å². The quantitative estimate of drug-likeness (QED) is 0.841.